The van der Waals surface area contributed by atoms with Gasteiger partial charge in [-0.05, 0) is 12.1 Å². The van der Waals surface area contributed by atoms with E-state index in [0.717, 1.165) is 33.5 Å². The van der Waals surface area contributed by atoms with Crippen LogP contribution in [0.15, 0.2) is 61.1 Å². The van der Waals surface area contributed by atoms with E-state index in [1.54, 1.807) is 12.5 Å². The van der Waals surface area contributed by atoms with Crippen molar-refractivity contribution >= 4 is 16.9 Å². The van der Waals surface area contributed by atoms with Crippen LogP contribution in [-0.4, -0.2) is 19.9 Å². The van der Waals surface area contributed by atoms with Gasteiger partial charge in [-0.3, -0.25) is 4.98 Å². The minimum atomic E-state index is 0.406. The average molecular weight is 287 g/mol. The third-order valence-corrected chi connectivity index (χ3v) is 3.53. The molecule has 3 N–H and O–H groups in total. The number of benzene rings is 2. The molecule has 0 aliphatic carbocycles. The first-order valence-corrected chi connectivity index (χ1v) is 6.93. The van der Waals surface area contributed by atoms with Gasteiger partial charge in [0.1, 0.15) is 5.82 Å². The standard InChI is InChI=1S/C17H13N5/c18-15-9-19-16(17(22-15)11-4-2-1-3-5-11)12-6-7-13-14(8-12)21-10-20-13/h1-10H,(H2,18,22)(H,20,21). The molecule has 4 rings (SSSR count). The zero-order valence-corrected chi connectivity index (χ0v) is 11.7. The first kappa shape index (κ1) is 12.5. The fourth-order valence-corrected chi connectivity index (χ4v) is 2.49. The summed E-state index contributed by atoms with van der Waals surface area (Å²) in [6.45, 7) is 0. The Bertz CT molecular complexity index is 944. The van der Waals surface area contributed by atoms with Crippen molar-refractivity contribution in [2.45, 2.75) is 0 Å². The molecule has 22 heavy (non-hydrogen) atoms. The number of aromatic nitrogens is 4. The summed E-state index contributed by atoms with van der Waals surface area (Å²) in [6, 6.07) is 15.9. The quantitative estimate of drug-likeness (QED) is 0.593. The van der Waals surface area contributed by atoms with Crippen molar-refractivity contribution in [1.29, 1.82) is 0 Å². The van der Waals surface area contributed by atoms with Crippen LogP contribution < -0.4 is 5.73 Å². The van der Waals surface area contributed by atoms with Crippen molar-refractivity contribution in [2.24, 2.45) is 0 Å². The van der Waals surface area contributed by atoms with Crippen LogP contribution in [-0.2, 0) is 0 Å². The van der Waals surface area contributed by atoms with E-state index >= 15 is 0 Å². The number of anilines is 1. The summed E-state index contributed by atoms with van der Waals surface area (Å²) in [4.78, 5) is 16.3. The van der Waals surface area contributed by atoms with Gasteiger partial charge in [-0.2, -0.15) is 0 Å². The largest absolute Gasteiger partial charge is 0.382 e. The SMILES string of the molecule is Nc1cnc(-c2ccc3[nH]cnc3c2)c(-c2ccccc2)n1. The second kappa shape index (κ2) is 4.96. The summed E-state index contributed by atoms with van der Waals surface area (Å²) in [6.07, 6.45) is 3.26. The van der Waals surface area contributed by atoms with Crippen LogP contribution in [0.1, 0.15) is 0 Å². The molecule has 0 spiro atoms. The number of rotatable bonds is 2. The normalized spacial score (nSPS) is 10.9. The predicted octanol–water partition coefficient (Wildman–Crippen LogP) is 3.27. The smallest absolute Gasteiger partial charge is 0.142 e. The van der Waals surface area contributed by atoms with Crippen LogP contribution in [0.4, 0.5) is 5.82 Å². The molecule has 4 aromatic rings. The summed E-state index contributed by atoms with van der Waals surface area (Å²) < 4.78 is 0. The van der Waals surface area contributed by atoms with E-state index in [-0.39, 0.29) is 0 Å². The van der Waals surface area contributed by atoms with E-state index < -0.39 is 0 Å². The van der Waals surface area contributed by atoms with E-state index in [4.69, 9.17) is 5.73 Å². The van der Waals surface area contributed by atoms with Gasteiger partial charge in [0.15, 0.2) is 0 Å². The molecule has 0 aliphatic rings. The second-order valence-corrected chi connectivity index (χ2v) is 4.99. The molecular formula is C17H13N5. The predicted molar refractivity (Wildman–Crippen MR) is 87.0 cm³/mol. The van der Waals surface area contributed by atoms with Gasteiger partial charge in [-0.15, -0.1) is 0 Å². The molecule has 2 aromatic carbocycles. The molecule has 0 saturated heterocycles. The molecule has 0 saturated carbocycles. The monoisotopic (exact) mass is 287 g/mol. The number of nitrogen functional groups attached to an aromatic ring is 1. The molecule has 2 aromatic heterocycles. The van der Waals surface area contributed by atoms with Crippen LogP contribution in [0, 0.1) is 0 Å². The lowest BCUT2D eigenvalue weighted by Crippen LogP contribution is -1.98. The second-order valence-electron chi connectivity index (χ2n) is 4.99. The maximum Gasteiger partial charge on any atom is 0.142 e. The first-order valence-electron chi connectivity index (χ1n) is 6.93. The molecule has 0 radical (unpaired) electrons. The zero-order chi connectivity index (χ0) is 14.9. The van der Waals surface area contributed by atoms with Gasteiger partial charge < -0.3 is 10.7 Å². The third-order valence-electron chi connectivity index (χ3n) is 3.53. The van der Waals surface area contributed by atoms with E-state index in [2.05, 4.69) is 19.9 Å². The third kappa shape index (κ3) is 2.09. The molecule has 0 bridgehead atoms. The van der Waals surface area contributed by atoms with Gasteiger partial charge in [0, 0.05) is 11.1 Å². The Morgan fingerprint density at radius 3 is 2.59 bits per heavy atom. The number of nitrogens with zero attached hydrogens (tertiary/aromatic N) is 3. The number of nitrogens with two attached hydrogens (primary N) is 1. The van der Waals surface area contributed by atoms with Crippen molar-refractivity contribution < 1.29 is 0 Å². The van der Waals surface area contributed by atoms with Gasteiger partial charge in [-0.25, -0.2) is 9.97 Å². The molecule has 106 valence electrons. The van der Waals surface area contributed by atoms with Gasteiger partial charge in [-0.1, -0.05) is 36.4 Å². The molecule has 5 heteroatoms. The van der Waals surface area contributed by atoms with Gasteiger partial charge in [0.25, 0.3) is 0 Å². The number of aromatic amines is 1. The number of H-pyrrole nitrogens is 1. The van der Waals surface area contributed by atoms with E-state index in [9.17, 15) is 0 Å². The minimum Gasteiger partial charge on any atom is -0.382 e. The lowest BCUT2D eigenvalue weighted by molar-refractivity contribution is 1.22. The highest BCUT2D eigenvalue weighted by Gasteiger charge is 2.12. The summed E-state index contributed by atoms with van der Waals surface area (Å²) in [5, 5.41) is 0. The first-order chi connectivity index (χ1) is 10.8. The molecule has 0 unspecified atom stereocenters. The fraction of sp³-hybridized carbons (Fsp3) is 0. The van der Waals surface area contributed by atoms with Crippen LogP contribution in [0.5, 0.6) is 0 Å². The minimum absolute atomic E-state index is 0.406. The van der Waals surface area contributed by atoms with Crippen molar-refractivity contribution in [1.82, 2.24) is 19.9 Å². The Balaban J connectivity index is 1.94. The Morgan fingerprint density at radius 2 is 1.73 bits per heavy atom. The Hall–Kier alpha value is -3.21. The van der Waals surface area contributed by atoms with Crippen LogP contribution in [0.2, 0.25) is 0 Å². The van der Waals surface area contributed by atoms with Crippen LogP contribution in [0.25, 0.3) is 33.5 Å². The van der Waals surface area contributed by atoms with E-state index in [1.807, 2.05) is 48.5 Å². The highest BCUT2D eigenvalue weighted by atomic mass is 14.9. The highest BCUT2D eigenvalue weighted by molar-refractivity contribution is 5.85. The number of fused-ring (bicyclic) bond motifs is 1. The van der Waals surface area contributed by atoms with Crippen LogP contribution in [0.3, 0.4) is 0 Å². The van der Waals surface area contributed by atoms with E-state index in [0.29, 0.717) is 5.82 Å². The summed E-state index contributed by atoms with van der Waals surface area (Å²) >= 11 is 0. The molecular weight excluding hydrogens is 274 g/mol. The Kier molecular flexibility index (Phi) is 2.83. The maximum atomic E-state index is 5.83. The zero-order valence-electron chi connectivity index (χ0n) is 11.7. The molecule has 2 heterocycles. The van der Waals surface area contributed by atoms with Gasteiger partial charge in [0.05, 0.1) is 34.9 Å². The fourth-order valence-electron chi connectivity index (χ4n) is 2.49. The molecule has 0 atom stereocenters. The number of hydrogen-bond donors (Lipinski definition) is 2. The van der Waals surface area contributed by atoms with E-state index in [1.165, 1.54) is 0 Å². The van der Waals surface area contributed by atoms with Crippen molar-refractivity contribution in [2.75, 3.05) is 5.73 Å². The highest BCUT2D eigenvalue weighted by Crippen LogP contribution is 2.30. The molecule has 0 amide bonds. The van der Waals surface area contributed by atoms with Crippen LogP contribution >= 0.6 is 0 Å². The van der Waals surface area contributed by atoms with Crippen molar-refractivity contribution in [3.63, 3.8) is 0 Å². The summed E-state index contributed by atoms with van der Waals surface area (Å²) in [7, 11) is 0. The lowest BCUT2D eigenvalue weighted by atomic mass is 10.0. The maximum absolute atomic E-state index is 5.83. The number of imidazole rings is 1. The average Bonchev–Trinajstić information content (AvgIpc) is 3.03. The Morgan fingerprint density at radius 1 is 0.864 bits per heavy atom. The van der Waals surface area contributed by atoms with Gasteiger partial charge >= 0.3 is 0 Å². The van der Waals surface area contributed by atoms with Gasteiger partial charge in [0.2, 0.25) is 0 Å². The van der Waals surface area contributed by atoms with Crippen molar-refractivity contribution in [3.8, 4) is 22.5 Å². The lowest BCUT2D eigenvalue weighted by Gasteiger charge is -2.09. The molecule has 5 nitrogen and oxygen atoms in total. The topological polar surface area (TPSA) is 80.5 Å². The summed E-state index contributed by atoms with van der Waals surface area (Å²) in [5.41, 5.74) is 11.2. The molecule has 0 aliphatic heterocycles. The number of hydrogen-bond acceptors (Lipinski definition) is 4. The molecule has 0 fully saturated rings. The Labute approximate surface area is 126 Å². The number of nitrogens with one attached hydrogen (secondary N) is 1. The van der Waals surface area contributed by atoms with Crippen molar-refractivity contribution in [3.05, 3.63) is 61.1 Å². The summed E-state index contributed by atoms with van der Waals surface area (Å²) in [5.74, 6) is 0.406.